The zero-order valence-corrected chi connectivity index (χ0v) is 17.9. The summed E-state index contributed by atoms with van der Waals surface area (Å²) in [6, 6.07) is 15.4. The molecule has 5 nitrogen and oxygen atoms in total. The summed E-state index contributed by atoms with van der Waals surface area (Å²) in [7, 11) is 1.64. The fourth-order valence-corrected chi connectivity index (χ4v) is 4.41. The van der Waals surface area contributed by atoms with Gasteiger partial charge in [-0.05, 0) is 57.5 Å². The zero-order valence-electron chi connectivity index (χ0n) is 17.9. The maximum Gasteiger partial charge on any atom is 0.272 e. The lowest BCUT2D eigenvalue weighted by Crippen LogP contribution is -2.41. The number of benzene rings is 2. The van der Waals surface area contributed by atoms with Crippen molar-refractivity contribution >= 4 is 11.6 Å². The number of carbonyl (C=O) groups excluding carboxylic acids is 1. The lowest BCUT2D eigenvalue weighted by Gasteiger charge is -2.35. The number of ether oxygens (including phenoxy) is 2. The number of fused-ring (bicyclic) bond motifs is 1. The number of carbonyl (C=O) groups is 1. The van der Waals surface area contributed by atoms with Crippen LogP contribution in [0.15, 0.2) is 48.5 Å². The number of rotatable bonds is 8. The summed E-state index contributed by atoms with van der Waals surface area (Å²) in [5.74, 6) is 1.47. The molecule has 0 bridgehead atoms. The van der Waals surface area contributed by atoms with Crippen LogP contribution in [-0.4, -0.2) is 44.1 Å². The molecule has 4 rings (SSSR count). The van der Waals surface area contributed by atoms with Crippen molar-refractivity contribution in [2.75, 3.05) is 38.2 Å². The predicted octanol–water partition coefficient (Wildman–Crippen LogP) is 4.82. The molecule has 0 aliphatic carbocycles. The van der Waals surface area contributed by atoms with E-state index >= 15 is 0 Å². The van der Waals surface area contributed by atoms with Crippen molar-refractivity contribution in [1.82, 2.24) is 4.90 Å². The quantitative estimate of drug-likeness (QED) is 0.588. The molecule has 2 aromatic carbocycles. The smallest absolute Gasteiger partial charge is 0.272 e. The van der Waals surface area contributed by atoms with E-state index in [2.05, 4.69) is 4.90 Å². The van der Waals surface area contributed by atoms with Gasteiger partial charge in [0, 0.05) is 18.2 Å². The van der Waals surface area contributed by atoms with E-state index in [1.54, 1.807) is 7.11 Å². The third kappa shape index (κ3) is 4.78. The Morgan fingerprint density at radius 2 is 1.73 bits per heavy atom. The number of amides is 1. The molecule has 1 atom stereocenters. The summed E-state index contributed by atoms with van der Waals surface area (Å²) < 4.78 is 11.5. The number of likely N-dealkylation sites (tertiary alicyclic amines) is 1. The summed E-state index contributed by atoms with van der Waals surface area (Å²) in [5, 5.41) is 0. The highest BCUT2D eigenvalue weighted by molar-refractivity contribution is 6.00. The molecule has 1 amide bonds. The van der Waals surface area contributed by atoms with Gasteiger partial charge >= 0.3 is 0 Å². The van der Waals surface area contributed by atoms with Gasteiger partial charge in [-0.2, -0.15) is 0 Å². The number of anilines is 1. The number of hydrogen-bond donors (Lipinski definition) is 0. The highest BCUT2D eigenvalue weighted by atomic mass is 16.5. The number of unbranched alkanes of at least 4 members (excludes halogenated alkanes) is 2. The van der Waals surface area contributed by atoms with E-state index in [4.69, 9.17) is 9.47 Å². The second kappa shape index (κ2) is 9.98. The average molecular weight is 409 g/mol. The first-order valence-corrected chi connectivity index (χ1v) is 11.2. The Bertz CT molecular complexity index is 834. The molecule has 30 heavy (non-hydrogen) atoms. The van der Waals surface area contributed by atoms with Gasteiger partial charge in [0.1, 0.15) is 11.5 Å². The Labute approximate surface area is 179 Å². The molecule has 1 saturated heterocycles. The van der Waals surface area contributed by atoms with Crippen molar-refractivity contribution in [2.24, 2.45) is 0 Å². The molecule has 160 valence electrons. The van der Waals surface area contributed by atoms with Crippen LogP contribution in [0.3, 0.4) is 0 Å². The molecule has 2 heterocycles. The van der Waals surface area contributed by atoms with Crippen molar-refractivity contribution in [3.05, 3.63) is 54.1 Å². The van der Waals surface area contributed by atoms with E-state index in [9.17, 15) is 4.79 Å². The highest BCUT2D eigenvalue weighted by Crippen LogP contribution is 2.41. The van der Waals surface area contributed by atoms with Crippen LogP contribution >= 0.6 is 0 Å². The van der Waals surface area contributed by atoms with E-state index < -0.39 is 6.10 Å². The molecule has 2 aliphatic rings. The van der Waals surface area contributed by atoms with Crippen molar-refractivity contribution < 1.29 is 14.3 Å². The Morgan fingerprint density at radius 3 is 2.50 bits per heavy atom. The van der Waals surface area contributed by atoms with E-state index in [1.807, 2.05) is 53.4 Å². The molecule has 0 spiro atoms. The third-order valence-electron chi connectivity index (χ3n) is 6.10. The minimum absolute atomic E-state index is 0.00187. The maximum atomic E-state index is 13.4. The van der Waals surface area contributed by atoms with Crippen molar-refractivity contribution in [2.45, 2.75) is 44.6 Å². The second-order valence-electron chi connectivity index (χ2n) is 8.20. The van der Waals surface area contributed by atoms with Crippen molar-refractivity contribution in [3.8, 4) is 11.5 Å². The number of methoxy groups -OCH3 is 1. The maximum absolute atomic E-state index is 13.4. The fourth-order valence-electron chi connectivity index (χ4n) is 4.41. The standard InChI is InChI=1S/C25H32N2O3/c1-29-21-13-14-23-22(19-21)27(18-10-4-9-17-26-15-7-3-8-16-26)25(28)24(30-23)20-11-5-2-6-12-20/h2,5-6,11-14,19,24H,3-4,7-10,15-18H2,1H3. The molecule has 0 N–H and O–H groups in total. The first-order valence-electron chi connectivity index (χ1n) is 11.2. The molecular formula is C25H32N2O3. The molecule has 2 aromatic rings. The Morgan fingerprint density at radius 1 is 0.967 bits per heavy atom. The van der Waals surface area contributed by atoms with Crippen LogP contribution in [0, 0.1) is 0 Å². The van der Waals surface area contributed by atoms with Gasteiger partial charge in [0.15, 0.2) is 0 Å². The molecule has 5 heteroatoms. The Hall–Kier alpha value is -2.53. The zero-order chi connectivity index (χ0) is 20.8. The molecule has 2 aliphatic heterocycles. The minimum atomic E-state index is -0.597. The van der Waals surface area contributed by atoms with E-state index in [0.29, 0.717) is 6.54 Å². The van der Waals surface area contributed by atoms with Gasteiger partial charge in [-0.25, -0.2) is 0 Å². The summed E-state index contributed by atoms with van der Waals surface area (Å²) in [6.45, 7) is 4.36. The molecule has 1 fully saturated rings. The Balaban J connectivity index is 1.43. The van der Waals surface area contributed by atoms with Gasteiger partial charge in [0.25, 0.3) is 5.91 Å². The number of piperidine rings is 1. The van der Waals surface area contributed by atoms with E-state index in [1.165, 1.54) is 45.3 Å². The lowest BCUT2D eigenvalue weighted by atomic mass is 10.0. The fraction of sp³-hybridized carbons (Fsp3) is 0.480. The molecule has 0 radical (unpaired) electrons. The number of hydrogen-bond acceptors (Lipinski definition) is 4. The van der Waals surface area contributed by atoms with Crippen LogP contribution in [-0.2, 0) is 4.79 Å². The van der Waals surface area contributed by atoms with Crippen LogP contribution in [0.1, 0.15) is 50.2 Å². The largest absolute Gasteiger partial charge is 0.497 e. The number of nitrogens with zero attached hydrogens (tertiary/aromatic N) is 2. The van der Waals surface area contributed by atoms with Gasteiger partial charge in [-0.3, -0.25) is 4.79 Å². The van der Waals surface area contributed by atoms with E-state index in [0.717, 1.165) is 35.6 Å². The highest BCUT2D eigenvalue weighted by Gasteiger charge is 2.35. The Kier molecular flexibility index (Phi) is 6.90. The normalized spacial score (nSPS) is 19.3. The van der Waals surface area contributed by atoms with Crippen molar-refractivity contribution in [1.29, 1.82) is 0 Å². The van der Waals surface area contributed by atoms with Gasteiger partial charge < -0.3 is 19.3 Å². The van der Waals surface area contributed by atoms with Gasteiger partial charge in [-0.15, -0.1) is 0 Å². The monoisotopic (exact) mass is 408 g/mol. The van der Waals surface area contributed by atoms with Gasteiger partial charge in [0.05, 0.1) is 12.8 Å². The molecular weight excluding hydrogens is 376 g/mol. The first-order chi connectivity index (χ1) is 14.8. The summed E-state index contributed by atoms with van der Waals surface area (Å²) in [6.07, 6.45) is 6.74. The van der Waals surface area contributed by atoms with E-state index in [-0.39, 0.29) is 5.91 Å². The molecule has 0 saturated carbocycles. The predicted molar refractivity (Wildman–Crippen MR) is 119 cm³/mol. The second-order valence-corrected chi connectivity index (χ2v) is 8.20. The summed E-state index contributed by atoms with van der Waals surface area (Å²) >= 11 is 0. The SMILES string of the molecule is COc1ccc2c(c1)N(CCCCCN1CCCCC1)C(=O)C(c1ccccc1)O2. The molecule has 0 aromatic heterocycles. The summed E-state index contributed by atoms with van der Waals surface area (Å²) in [5.41, 5.74) is 1.70. The van der Waals surface area contributed by atoms with Gasteiger partial charge in [0.2, 0.25) is 6.10 Å². The first kappa shape index (κ1) is 20.7. The van der Waals surface area contributed by atoms with Crippen LogP contribution in [0.5, 0.6) is 11.5 Å². The van der Waals surface area contributed by atoms with Crippen molar-refractivity contribution in [3.63, 3.8) is 0 Å². The van der Waals surface area contributed by atoms with Crippen LogP contribution < -0.4 is 14.4 Å². The minimum Gasteiger partial charge on any atom is -0.497 e. The lowest BCUT2D eigenvalue weighted by molar-refractivity contribution is -0.126. The average Bonchev–Trinajstić information content (AvgIpc) is 2.80. The third-order valence-corrected chi connectivity index (χ3v) is 6.10. The van der Waals surface area contributed by atoms with Crippen LogP contribution in [0.25, 0.3) is 0 Å². The molecule has 1 unspecified atom stereocenters. The summed E-state index contributed by atoms with van der Waals surface area (Å²) in [4.78, 5) is 17.8. The van der Waals surface area contributed by atoms with Crippen LogP contribution in [0.2, 0.25) is 0 Å². The van der Waals surface area contributed by atoms with Crippen LogP contribution in [0.4, 0.5) is 5.69 Å². The van der Waals surface area contributed by atoms with Gasteiger partial charge in [-0.1, -0.05) is 43.2 Å². The topological polar surface area (TPSA) is 42.0 Å².